The number of carboxylic acid groups (broad SMARTS) is 1. The number of carboxylic acids is 1. The summed E-state index contributed by atoms with van der Waals surface area (Å²) < 4.78 is 42.3. The number of nitrogens with one attached hydrogen (secondary N) is 2. The molecule has 1 amide bonds. The highest BCUT2D eigenvalue weighted by molar-refractivity contribution is 5.98. The van der Waals surface area contributed by atoms with E-state index in [1.54, 1.807) is 49.4 Å². The summed E-state index contributed by atoms with van der Waals surface area (Å²) >= 11 is 0. The molecule has 9 nitrogen and oxygen atoms in total. The van der Waals surface area contributed by atoms with Gasteiger partial charge in [0.25, 0.3) is 5.91 Å². The number of hydrogen-bond acceptors (Lipinski definition) is 6. The van der Waals surface area contributed by atoms with E-state index in [2.05, 4.69) is 5.32 Å². The molecular formula is C22H24F3N3O6. The minimum atomic E-state index is -5.08. The molecule has 0 atom stereocenters. The number of ether oxygens (including phenoxy) is 2. The van der Waals surface area contributed by atoms with Crippen molar-refractivity contribution in [2.24, 2.45) is 5.73 Å². The van der Waals surface area contributed by atoms with E-state index in [0.717, 1.165) is 0 Å². The van der Waals surface area contributed by atoms with Crippen molar-refractivity contribution >= 4 is 23.7 Å². The average molecular weight is 483 g/mol. The summed E-state index contributed by atoms with van der Waals surface area (Å²) in [5, 5.41) is 17.3. The van der Waals surface area contributed by atoms with Gasteiger partial charge in [0, 0.05) is 17.7 Å². The molecule has 2 aromatic carbocycles. The Morgan fingerprint density at radius 2 is 1.65 bits per heavy atom. The van der Waals surface area contributed by atoms with Crippen LogP contribution in [0.25, 0.3) is 0 Å². The van der Waals surface area contributed by atoms with Crippen LogP contribution in [0.5, 0.6) is 5.75 Å². The van der Waals surface area contributed by atoms with Crippen LogP contribution < -0.4 is 15.8 Å². The fourth-order valence-corrected chi connectivity index (χ4v) is 2.32. The highest BCUT2D eigenvalue weighted by Gasteiger charge is 2.38. The van der Waals surface area contributed by atoms with Crippen molar-refractivity contribution in [3.05, 3.63) is 65.2 Å². The Balaban J connectivity index is 0.000000718. The summed E-state index contributed by atoms with van der Waals surface area (Å²) in [4.78, 5) is 32.8. The van der Waals surface area contributed by atoms with Crippen molar-refractivity contribution < 1.29 is 42.1 Å². The van der Waals surface area contributed by atoms with Gasteiger partial charge in [-0.1, -0.05) is 18.2 Å². The zero-order valence-corrected chi connectivity index (χ0v) is 18.1. The van der Waals surface area contributed by atoms with Crippen LogP contribution in [0.3, 0.4) is 0 Å². The van der Waals surface area contributed by atoms with E-state index in [1.165, 1.54) is 6.07 Å². The monoisotopic (exact) mass is 483 g/mol. The van der Waals surface area contributed by atoms with Crippen LogP contribution in [0.1, 0.15) is 39.6 Å². The number of aliphatic carboxylic acids is 1. The number of hydrogen-bond donors (Lipinski definition) is 4. The van der Waals surface area contributed by atoms with Gasteiger partial charge in [0.2, 0.25) is 0 Å². The SMILES string of the molecule is CCOC(=O)c1cccc(C(=O)NCCCOc2cccc(C(=N)N)c2)c1.O=C(O)C(F)(F)F. The summed E-state index contributed by atoms with van der Waals surface area (Å²) in [7, 11) is 0. The summed E-state index contributed by atoms with van der Waals surface area (Å²) in [6.45, 7) is 2.84. The second kappa shape index (κ2) is 13.5. The van der Waals surface area contributed by atoms with Gasteiger partial charge >= 0.3 is 18.1 Å². The van der Waals surface area contributed by atoms with Gasteiger partial charge in [0.05, 0.1) is 18.8 Å². The fraction of sp³-hybridized carbons (Fsp3) is 0.273. The molecule has 0 aliphatic heterocycles. The first-order valence-corrected chi connectivity index (χ1v) is 9.88. The van der Waals surface area contributed by atoms with Crippen LogP contribution in [-0.4, -0.2) is 54.7 Å². The fourth-order valence-electron chi connectivity index (χ4n) is 2.32. The van der Waals surface area contributed by atoms with Crippen LogP contribution in [0.4, 0.5) is 13.2 Å². The van der Waals surface area contributed by atoms with Crippen molar-refractivity contribution in [3.63, 3.8) is 0 Å². The Morgan fingerprint density at radius 3 is 2.24 bits per heavy atom. The molecule has 184 valence electrons. The second-order valence-electron chi connectivity index (χ2n) is 6.50. The average Bonchev–Trinajstić information content (AvgIpc) is 2.79. The third-order valence-corrected chi connectivity index (χ3v) is 3.90. The maximum absolute atomic E-state index is 12.2. The predicted octanol–water partition coefficient (Wildman–Crippen LogP) is 2.98. The molecule has 0 saturated carbocycles. The number of rotatable bonds is 9. The van der Waals surface area contributed by atoms with E-state index in [0.29, 0.717) is 42.0 Å². The third-order valence-electron chi connectivity index (χ3n) is 3.90. The van der Waals surface area contributed by atoms with Crippen molar-refractivity contribution in [1.29, 1.82) is 5.41 Å². The van der Waals surface area contributed by atoms with Crippen LogP contribution in [0.2, 0.25) is 0 Å². The first kappa shape index (κ1) is 27.9. The standard InChI is InChI=1S/C20H23N3O4.C2HF3O2/c1-2-26-20(25)16-8-3-7-15(12-16)19(24)23-10-5-11-27-17-9-4-6-14(13-17)18(21)22;3-2(4,5)1(6)7/h3-4,6-9,12-13H,2,5,10-11H2,1H3,(H3,21,22)(H,23,24);(H,6,7). The van der Waals surface area contributed by atoms with E-state index >= 15 is 0 Å². The number of carbonyl (C=O) groups is 3. The summed E-state index contributed by atoms with van der Waals surface area (Å²) in [5.41, 5.74) is 6.79. The van der Waals surface area contributed by atoms with E-state index in [9.17, 15) is 22.8 Å². The van der Waals surface area contributed by atoms with E-state index in [4.69, 9.17) is 30.5 Å². The van der Waals surface area contributed by atoms with Gasteiger partial charge in [-0.25, -0.2) is 9.59 Å². The highest BCUT2D eigenvalue weighted by Crippen LogP contribution is 2.14. The molecule has 0 heterocycles. The first-order valence-electron chi connectivity index (χ1n) is 9.88. The molecule has 2 rings (SSSR count). The molecule has 2 aromatic rings. The Labute approximate surface area is 193 Å². The lowest BCUT2D eigenvalue weighted by molar-refractivity contribution is -0.192. The molecule has 0 aliphatic rings. The van der Waals surface area contributed by atoms with Crippen molar-refractivity contribution in [1.82, 2.24) is 5.32 Å². The van der Waals surface area contributed by atoms with Gasteiger partial charge in [-0.05, 0) is 43.7 Å². The Bertz CT molecular complexity index is 1010. The normalized spacial score (nSPS) is 10.4. The van der Waals surface area contributed by atoms with E-state index < -0.39 is 18.1 Å². The summed E-state index contributed by atoms with van der Waals surface area (Å²) in [6.07, 6.45) is -4.48. The number of carbonyl (C=O) groups excluding carboxylic acids is 2. The minimum Gasteiger partial charge on any atom is -0.494 e. The molecular weight excluding hydrogens is 459 g/mol. The molecule has 0 saturated heterocycles. The lowest BCUT2D eigenvalue weighted by atomic mass is 10.1. The van der Waals surface area contributed by atoms with Crippen LogP contribution in [0, 0.1) is 5.41 Å². The largest absolute Gasteiger partial charge is 0.494 e. The molecule has 0 aromatic heterocycles. The maximum Gasteiger partial charge on any atom is 0.490 e. The van der Waals surface area contributed by atoms with Crippen LogP contribution in [-0.2, 0) is 9.53 Å². The van der Waals surface area contributed by atoms with Crippen molar-refractivity contribution in [2.75, 3.05) is 19.8 Å². The number of alkyl halides is 3. The lowest BCUT2D eigenvalue weighted by Gasteiger charge is -2.09. The molecule has 0 aliphatic carbocycles. The third kappa shape index (κ3) is 10.0. The molecule has 0 radical (unpaired) electrons. The Kier molecular flexibility index (Phi) is 11.1. The molecule has 0 fully saturated rings. The van der Waals surface area contributed by atoms with Crippen LogP contribution >= 0.6 is 0 Å². The second-order valence-corrected chi connectivity index (χ2v) is 6.50. The zero-order valence-electron chi connectivity index (χ0n) is 18.1. The smallest absolute Gasteiger partial charge is 0.490 e. The van der Waals surface area contributed by atoms with Crippen molar-refractivity contribution in [3.8, 4) is 5.75 Å². The van der Waals surface area contributed by atoms with E-state index in [-0.39, 0.29) is 18.3 Å². The molecule has 34 heavy (non-hydrogen) atoms. The number of halogens is 3. The number of amides is 1. The van der Waals surface area contributed by atoms with E-state index in [1.807, 2.05) is 0 Å². The Hall–Kier alpha value is -4.09. The van der Waals surface area contributed by atoms with Crippen LogP contribution in [0.15, 0.2) is 48.5 Å². The van der Waals surface area contributed by atoms with Gasteiger partial charge in [-0.2, -0.15) is 13.2 Å². The quantitative estimate of drug-likeness (QED) is 0.185. The number of esters is 1. The van der Waals surface area contributed by atoms with Gasteiger partial charge in [0.1, 0.15) is 11.6 Å². The van der Waals surface area contributed by atoms with Gasteiger partial charge in [0.15, 0.2) is 0 Å². The molecule has 12 heteroatoms. The minimum absolute atomic E-state index is 0.0160. The van der Waals surface area contributed by atoms with Gasteiger partial charge in [-0.3, -0.25) is 10.2 Å². The summed E-state index contributed by atoms with van der Waals surface area (Å²) in [5.74, 6) is -2.87. The number of benzene rings is 2. The van der Waals surface area contributed by atoms with Gasteiger partial charge in [-0.15, -0.1) is 0 Å². The van der Waals surface area contributed by atoms with Crippen molar-refractivity contribution in [2.45, 2.75) is 19.5 Å². The molecule has 0 unspecified atom stereocenters. The highest BCUT2D eigenvalue weighted by atomic mass is 19.4. The molecule has 5 N–H and O–H groups in total. The maximum atomic E-state index is 12.2. The first-order chi connectivity index (χ1) is 16.0. The Morgan fingerprint density at radius 1 is 1.06 bits per heavy atom. The van der Waals surface area contributed by atoms with Gasteiger partial charge < -0.3 is 25.6 Å². The number of nitrogens with two attached hydrogens (primary N) is 1. The molecule has 0 spiro atoms. The zero-order chi connectivity index (χ0) is 25.7. The molecule has 0 bridgehead atoms. The topological polar surface area (TPSA) is 152 Å². The lowest BCUT2D eigenvalue weighted by Crippen LogP contribution is -2.25. The number of amidine groups is 1. The number of nitrogen functional groups attached to an aromatic ring is 1. The predicted molar refractivity (Wildman–Crippen MR) is 116 cm³/mol. The summed E-state index contributed by atoms with van der Waals surface area (Å²) in [6, 6.07) is 13.4.